The quantitative estimate of drug-likeness (QED) is 0.568. The van der Waals surface area contributed by atoms with E-state index in [0.717, 1.165) is 48.3 Å². The van der Waals surface area contributed by atoms with Crippen LogP contribution in [-0.4, -0.2) is 28.6 Å². The van der Waals surface area contributed by atoms with Crippen molar-refractivity contribution >= 4 is 27.7 Å². The third-order valence-electron chi connectivity index (χ3n) is 5.84. The van der Waals surface area contributed by atoms with Crippen molar-refractivity contribution in [2.45, 2.75) is 66.5 Å². The summed E-state index contributed by atoms with van der Waals surface area (Å²) in [6.45, 7) is 11.1. The number of nitrogens with one attached hydrogen (secondary N) is 1. The molecule has 2 heterocycles. The number of aryl methyl sites for hydroxylation is 2. The van der Waals surface area contributed by atoms with E-state index in [1.54, 1.807) is 7.11 Å². The van der Waals surface area contributed by atoms with Crippen LogP contribution in [0.25, 0.3) is 21.8 Å². The molecular formula is C24H33N3O2. The van der Waals surface area contributed by atoms with Gasteiger partial charge in [-0.05, 0) is 44.9 Å². The van der Waals surface area contributed by atoms with E-state index in [1.165, 1.54) is 10.8 Å². The Morgan fingerprint density at radius 2 is 2.03 bits per heavy atom. The summed E-state index contributed by atoms with van der Waals surface area (Å²) in [5.41, 5.74) is 2.79. The van der Waals surface area contributed by atoms with Crippen LogP contribution in [0.15, 0.2) is 30.5 Å². The van der Waals surface area contributed by atoms with Crippen LogP contribution in [-0.2, 0) is 11.3 Å². The molecule has 1 aromatic carbocycles. The minimum atomic E-state index is -0.458. The first-order valence-corrected chi connectivity index (χ1v) is 10.5. The normalized spacial score (nSPS) is 13.0. The maximum Gasteiger partial charge on any atom is 0.225 e. The summed E-state index contributed by atoms with van der Waals surface area (Å²) < 4.78 is 7.75. The maximum absolute atomic E-state index is 12.9. The van der Waals surface area contributed by atoms with Crippen LogP contribution in [0.5, 0.6) is 5.75 Å². The Balaban J connectivity index is 1.95. The van der Waals surface area contributed by atoms with E-state index in [1.807, 2.05) is 33.0 Å². The molecule has 2 aromatic heterocycles. The van der Waals surface area contributed by atoms with Gasteiger partial charge in [-0.1, -0.05) is 27.2 Å². The van der Waals surface area contributed by atoms with Gasteiger partial charge in [-0.2, -0.15) is 0 Å². The third kappa shape index (κ3) is 4.24. The summed E-state index contributed by atoms with van der Waals surface area (Å²) in [5, 5.41) is 5.55. The fourth-order valence-electron chi connectivity index (χ4n) is 3.99. The van der Waals surface area contributed by atoms with Gasteiger partial charge >= 0.3 is 0 Å². The molecule has 156 valence electrons. The van der Waals surface area contributed by atoms with Crippen LogP contribution in [0.4, 0.5) is 0 Å². The summed E-state index contributed by atoms with van der Waals surface area (Å²) in [6.07, 6.45) is 4.66. The molecule has 1 unspecified atom stereocenters. The van der Waals surface area contributed by atoms with E-state index < -0.39 is 5.41 Å². The average molecular weight is 396 g/mol. The largest absolute Gasteiger partial charge is 0.497 e. The molecule has 1 atom stereocenters. The van der Waals surface area contributed by atoms with Crippen molar-refractivity contribution in [2.75, 3.05) is 7.11 Å². The number of nitrogens with zero attached hydrogens (tertiary/aromatic N) is 2. The fraction of sp³-hybridized carbons (Fsp3) is 0.500. The Hall–Kier alpha value is -2.56. The molecule has 0 bridgehead atoms. The van der Waals surface area contributed by atoms with Gasteiger partial charge in [-0.3, -0.25) is 9.78 Å². The first-order valence-electron chi connectivity index (χ1n) is 10.5. The zero-order chi connectivity index (χ0) is 21.2. The van der Waals surface area contributed by atoms with E-state index in [4.69, 9.17) is 4.74 Å². The number of carbonyl (C=O) groups is 1. The molecule has 5 heteroatoms. The lowest BCUT2D eigenvalue weighted by Crippen LogP contribution is -2.42. The summed E-state index contributed by atoms with van der Waals surface area (Å²) in [7, 11) is 1.69. The Morgan fingerprint density at radius 3 is 2.72 bits per heavy atom. The standard InChI is InChI=1S/C24H33N3O2/c1-7-8-16(2)26-23(28)24(4,5)12-14-27-21-15-18(29-6)9-10-19(21)20-11-13-25-17(3)22(20)27/h9-11,13,15-16H,7-8,12,14H2,1-6H3,(H,26,28). The van der Waals surface area contributed by atoms with Crippen LogP contribution >= 0.6 is 0 Å². The highest BCUT2D eigenvalue weighted by molar-refractivity contribution is 6.09. The van der Waals surface area contributed by atoms with Crippen LogP contribution < -0.4 is 10.1 Å². The lowest BCUT2D eigenvalue weighted by atomic mass is 9.87. The average Bonchev–Trinajstić information content (AvgIpc) is 3.00. The summed E-state index contributed by atoms with van der Waals surface area (Å²) in [5.74, 6) is 0.948. The number of fused-ring (bicyclic) bond motifs is 3. The number of hydrogen-bond donors (Lipinski definition) is 1. The van der Waals surface area contributed by atoms with Gasteiger partial charge in [0.2, 0.25) is 5.91 Å². The Kier molecular flexibility index (Phi) is 6.15. The number of ether oxygens (including phenoxy) is 1. The fourth-order valence-corrected chi connectivity index (χ4v) is 3.99. The molecule has 0 aliphatic heterocycles. The van der Waals surface area contributed by atoms with E-state index in [9.17, 15) is 4.79 Å². The second-order valence-electron chi connectivity index (χ2n) is 8.62. The first kappa shape index (κ1) is 21.2. The van der Waals surface area contributed by atoms with Gasteiger partial charge in [0.05, 0.1) is 23.8 Å². The van der Waals surface area contributed by atoms with Crippen molar-refractivity contribution in [1.29, 1.82) is 0 Å². The number of benzene rings is 1. The predicted octanol–water partition coefficient (Wildman–Crippen LogP) is 5.23. The number of carbonyl (C=O) groups excluding carboxylic acids is 1. The molecule has 0 fully saturated rings. The van der Waals surface area contributed by atoms with Crippen LogP contribution in [0.1, 0.15) is 52.7 Å². The van der Waals surface area contributed by atoms with Gasteiger partial charge in [-0.25, -0.2) is 0 Å². The Morgan fingerprint density at radius 1 is 1.28 bits per heavy atom. The number of hydrogen-bond acceptors (Lipinski definition) is 3. The number of rotatable bonds is 8. The van der Waals surface area contributed by atoms with Crippen molar-refractivity contribution in [3.05, 3.63) is 36.2 Å². The third-order valence-corrected chi connectivity index (χ3v) is 5.84. The van der Waals surface area contributed by atoms with E-state index in [0.29, 0.717) is 0 Å². The topological polar surface area (TPSA) is 56.2 Å². The van der Waals surface area contributed by atoms with Gasteiger partial charge in [0.15, 0.2) is 0 Å². The predicted molar refractivity (Wildman–Crippen MR) is 119 cm³/mol. The molecule has 0 spiro atoms. The molecule has 3 aromatic rings. The van der Waals surface area contributed by atoms with Gasteiger partial charge in [-0.15, -0.1) is 0 Å². The highest BCUT2D eigenvalue weighted by Gasteiger charge is 2.29. The molecule has 0 saturated heterocycles. The number of methoxy groups -OCH3 is 1. The van der Waals surface area contributed by atoms with E-state index in [-0.39, 0.29) is 11.9 Å². The summed E-state index contributed by atoms with van der Waals surface area (Å²) in [6, 6.07) is 8.45. The molecule has 0 radical (unpaired) electrons. The molecule has 3 rings (SSSR count). The number of amides is 1. The van der Waals surface area contributed by atoms with E-state index >= 15 is 0 Å². The lowest BCUT2D eigenvalue weighted by molar-refractivity contribution is -0.130. The van der Waals surface area contributed by atoms with Crippen molar-refractivity contribution < 1.29 is 9.53 Å². The zero-order valence-corrected chi connectivity index (χ0v) is 18.5. The van der Waals surface area contributed by atoms with Gasteiger partial charge in [0.1, 0.15) is 5.75 Å². The second-order valence-corrected chi connectivity index (χ2v) is 8.62. The lowest BCUT2D eigenvalue weighted by Gasteiger charge is -2.26. The van der Waals surface area contributed by atoms with Gasteiger partial charge in [0.25, 0.3) is 0 Å². The highest BCUT2D eigenvalue weighted by Crippen LogP contribution is 2.34. The Labute approximate surface area is 173 Å². The van der Waals surface area contributed by atoms with Crippen molar-refractivity contribution in [2.24, 2.45) is 5.41 Å². The van der Waals surface area contributed by atoms with Crippen LogP contribution in [0.3, 0.4) is 0 Å². The minimum absolute atomic E-state index is 0.117. The summed E-state index contributed by atoms with van der Waals surface area (Å²) >= 11 is 0. The molecular weight excluding hydrogens is 362 g/mol. The monoisotopic (exact) mass is 395 g/mol. The van der Waals surface area contributed by atoms with Crippen LogP contribution in [0.2, 0.25) is 0 Å². The number of pyridine rings is 1. The van der Waals surface area contributed by atoms with Gasteiger partial charge < -0.3 is 14.6 Å². The number of aromatic nitrogens is 2. The molecule has 1 amide bonds. The molecule has 0 aliphatic rings. The SMILES string of the molecule is CCCC(C)NC(=O)C(C)(C)CCn1c2cc(OC)ccc2c2ccnc(C)c21. The second kappa shape index (κ2) is 8.44. The Bertz CT molecular complexity index is 1020. The molecule has 1 N–H and O–H groups in total. The molecule has 0 aliphatic carbocycles. The molecule has 5 nitrogen and oxygen atoms in total. The van der Waals surface area contributed by atoms with Crippen LogP contribution in [0, 0.1) is 12.3 Å². The maximum atomic E-state index is 12.9. The summed E-state index contributed by atoms with van der Waals surface area (Å²) in [4.78, 5) is 17.4. The molecule has 29 heavy (non-hydrogen) atoms. The smallest absolute Gasteiger partial charge is 0.225 e. The van der Waals surface area contributed by atoms with Crippen molar-refractivity contribution in [1.82, 2.24) is 14.9 Å². The first-order chi connectivity index (χ1) is 13.8. The van der Waals surface area contributed by atoms with Gasteiger partial charge in [0, 0.05) is 41.0 Å². The molecule has 0 saturated carbocycles. The van der Waals surface area contributed by atoms with Crippen molar-refractivity contribution in [3.8, 4) is 5.75 Å². The van der Waals surface area contributed by atoms with Crippen molar-refractivity contribution in [3.63, 3.8) is 0 Å². The zero-order valence-electron chi connectivity index (χ0n) is 18.5. The minimum Gasteiger partial charge on any atom is -0.497 e. The van der Waals surface area contributed by atoms with E-state index in [2.05, 4.69) is 46.9 Å². The highest BCUT2D eigenvalue weighted by atomic mass is 16.5.